The van der Waals surface area contributed by atoms with Crippen molar-refractivity contribution in [1.82, 2.24) is 15.0 Å². The van der Waals surface area contributed by atoms with Crippen molar-refractivity contribution in [2.45, 2.75) is 12.0 Å². The molecule has 24 heavy (non-hydrogen) atoms. The van der Waals surface area contributed by atoms with Crippen molar-refractivity contribution in [2.75, 3.05) is 6.61 Å². The third-order valence-corrected chi connectivity index (χ3v) is 7.05. The molecule has 0 aliphatic carbocycles. The summed E-state index contributed by atoms with van der Waals surface area (Å²) < 4.78 is 20.6. The average molecular weight is 357 g/mol. The fourth-order valence-corrected chi connectivity index (χ4v) is 5.98. The zero-order valence-electron chi connectivity index (χ0n) is 13.0. The highest BCUT2D eigenvalue weighted by molar-refractivity contribution is 8.73. The summed E-state index contributed by atoms with van der Waals surface area (Å²) >= 11 is 0. The first-order valence-electron chi connectivity index (χ1n) is 7.58. The fourth-order valence-electron chi connectivity index (χ4n) is 2.70. The summed E-state index contributed by atoms with van der Waals surface area (Å²) in [6, 6.07) is 17.5. The van der Waals surface area contributed by atoms with Crippen LogP contribution in [0.3, 0.4) is 0 Å². The van der Waals surface area contributed by atoms with Crippen LogP contribution in [0.5, 0.6) is 0 Å². The van der Waals surface area contributed by atoms with Crippen molar-refractivity contribution < 1.29 is 8.95 Å². The Morgan fingerprint density at radius 3 is 2.71 bits per heavy atom. The topological polar surface area (TPSA) is 57.0 Å². The molecule has 0 radical (unpaired) electrons. The summed E-state index contributed by atoms with van der Waals surface area (Å²) in [4.78, 5) is 0.918. The minimum absolute atomic E-state index is 0.416. The number of aromatic nitrogens is 3. The first-order chi connectivity index (χ1) is 11.7. The Bertz CT molecular complexity index is 939. The predicted molar refractivity (Wildman–Crippen MR) is 97.3 cm³/mol. The van der Waals surface area contributed by atoms with Gasteiger partial charge in [-0.05, 0) is 41.5 Å². The smallest absolute Gasteiger partial charge is 0.271 e. The van der Waals surface area contributed by atoms with Crippen LogP contribution in [0.25, 0.3) is 15.9 Å². The lowest BCUT2D eigenvalue weighted by Crippen LogP contribution is -2.37. The molecule has 0 saturated carbocycles. The van der Waals surface area contributed by atoms with Gasteiger partial charge in [-0.25, -0.2) is 4.21 Å². The van der Waals surface area contributed by atoms with Gasteiger partial charge in [0, 0.05) is 11.5 Å². The lowest BCUT2D eigenvalue weighted by molar-refractivity contribution is 0.00640. The van der Waals surface area contributed by atoms with Gasteiger partial charge in [-0.3, -0.25) is 0 Å². The van der Waals surface area contributed by atoms with Crippen LogP contribution in [0.2, 0.25) is 0 Å². The van der Waals surface area contributed by atoms with E-state index in [-0.39, 0.29) is 0 Å². The fraction of sp³-hybridized carbons (Fsp3) is 0.176. The molecule has 1 aliphatic rings. The van der Waals surface area contributed by atoms with E-state index in [1.54, 1.807) is 4.68 Å². The maximum atomic E-state index is 13.0. The van der Waals surface area contributed by atoms with E-state index in [0.717, 1.165) is 21.5 Å². The second-order valence-corrected chi connectivity index (χ2v) is 8.32. The highest BCUT2D eigenvalue weighted by atomic mass is 33.1. The maximum Gasteiger partial charge on any atom is 0.271 e. The van der Waals surface area contributed by atoms with Gasteiger partial charge in [-0.1, -0.05) is 47.7 Å². The van der Waals surface area contributed by atoms with Crippen LogP contribution < -0.4 is 0 Å². The second-order valence-electron chi connectivity index (χ2n) is 5.25. The molecule has 2 atom stereocenters. The van der Waals surface area contributed by atoms with Crippen LogP contribution in [0, 0.1) is 0 Å². The molecule has 2 aromatic carbocycles. The second kappa shape index (κ2) is 6.16. The van der Waals surface area contributed by atoms with Gasteiger partial charge >= 0.3 is 0 Å². The van der Waals surface area contributed by atoms with Gasteiger partial charge in [-0.15, -0.1) is 5.10 Å². The molecule has 0 N–H and O–H groups in total. The van der Waals surface area contributed by atoms with Crippen molar-refractivity contribution in [3.63, 3.8) is 0 Å². The maximum absolute atomic E-state index is 13.0. The van der Waals surface area contributed by atoms with Crippen LogP contribution in [0.4, 0.5) is 0 Å². The average Bonchev–Trinajstić information content (AvgIpc) is 3.19. The van der Waals surface area contributed by atoms with Gasteiger partial charge < -0.3 is 4.74 Å². The summed E-state index contributed by atoms with van der Waals surface area (Å²) in [5, 5.41) is 7.27. The highest BCUT2D eigenvalue weighted by Gasteiger charge is 2.46. The number of benzene rings is 2. The number of ether oxygens (including phenoxy) is 1. The number of para-hydroxylation sites is 1. The Morgan fingerprint density at radius 2 is 1.92 bits per heavy atom. The molecule has 1 aliphatic heterocycles. The first-order valence-corrected chi connectivity index (χ1v) is 10.1. The van der Waals surface area contributed by atoms with Crippen LogP contribution in [0.1, 0.15) is 12.5 Å². The van der Waals surface area contributed by atoms with Crippen molar-refractivity contribution in [3.05, 3.63) is 66.2 Å². The molecule has 7 heteroatoms. The van der Waals surface area contributed by atoms with Gasteiger partial charge in [-0.2, -0.15) is 4.68 Å². The summed E-state index contributed by atoms with van der Waals surface area (Å²) in [7, 11) is -0.0808. The predicted octanol–water partition coefficient (Wildman–Crippen LogP) is 3.53. The standard InChI is InChI=1S/C17H15N3O2S2/c1-2-22-17(20-15-11-7-6-10-14(15)18-19-20)12-16(23-24(17)21)13-8-4-3-5-9-13/h3-12H,2H2,1H3. The largest absolute Gasteiger partial charge is 0.339 e. The SMILES string of the molecule is CCOC1(n2nnc3ccccc32)C=C(c2ccccc2)SS1=O. The summed E-state index contributed by atoms with van der Waals surface area (Å²) in [5.74, 6) is 0. The molecule has 5 nitrogen and oxygen atoms in total. The Morgan fingerprint density at radius 1 is 1.17 bits per heavy atom. The van der Waals surface area contributed by atoms with Gasteiger partial charge in [0.25, 0.3) is 5.06 Å². The van der Waals surface area contributed by atoms with Crippen LogP contribution in [-0.2, 0) is 19.6 Å². The van der Waals surface area contributed by atoms with Gasteiger partial charge in [0.1, 0.15) is 15.3 Å². The Kier molecular flexibility index (Phi) is 3.99. The molecule has 0 amide bonds. The summed E-state index contributed by atoms with van der Waals surface area (Å²) in [6.45, 7) is 2.30. The zero-order chi connectivity index (χ0) is 16.6. The molecular formula is C17H15N3O2S2. The molecule has 1 aromatic heterocycles. The molecular weight excluding hydrogens is 342 g/mol. The normalized spacial score (nSPS) is 23.5. The molecule has 0 saturated heterocycles. The minimum atomic E-state index is -1.37. The molecule has 3 aromatic rings. The molecule has 2 unspecified atom stereocenters. The molecule has 0 spiro atoms. The third kappa shape index (κ3) is 2.40. The van der Waals surface area contributed by atoms with Crippen molar-refractivity contribution in [1.29, 1.82) is 0 Å². The monoisotopic (exact) mass is 357 g/mol. The molecule has 2 heterocycles. The van der Waals surface area contributed by atoms with E-state index in [4.69, 9.17) is 4.74 Å². The van der Waals surface area contributed by atoms with E-state index >= 15 is 0 Å². The van der Waals surface area contributed by atoms with Crippen molar-refractivity contribution in [3.8, 4) is 0 Å². The van der Waals surface area contributed by atoms with E-state index in [2.05, 4.69) is 10.3 Å². The molecule has 122 valence electrons. The van der Waals surface area contributed by atoms with Crippen LogP contribution >= 0.6 is 10.8 Å². The van der Waals surface area contributed by atoms with E-state index in [0.29, 0.717) is 6.61 Å². The zero-order valence-corrected chi connectivity index (χ0v) is 14.6. The lowest BCUT2D eigenvalue weighted by Gasteiger charge is -2.25. The van der Waals surface area contributed by atoms with E-state index in [1.807, 2.05) is 67.6 Å². The Hall–Kier alpha value is -1.96. The molecule has 4 rings (SSSR count). The third-order valence-electron chi connectivity index (χ3n) is 3.77. The highest BCUT2D eigenvalue weighted by Crippen LogP contribution is 2.48. The van der Waals surface area contributed by atoms with E-state index < -0.39 is 14.9 Å². The van der Waals surface area contributed by atoms with E-state index in [1.165, 1.54) is 10.8 Å². The van der Waals surface area contributed by atoms with Gasteiger partial charge in [0.05, 0.1) is 5.52 Å². The number of fused-ring (bicyclic) bond motifs is 1. The lowest BCUT2D eigenvalue weighted by atomic mass is 10.2. The number of hydrogen-bond donors (Lipinski definition) is 0. The number of hydrogen-bond acceptors (Lipinski definition) is 5. The van der Waals surface area contributed by atoms with Gasteiger partial charge in [0.15, 0.2) is 0 Å². The van der Waals surface area contributed by atoms with Crippen LogP contribution in [-0.4, -0.2) is 25.8 Å². The number of nitrogens with zero attached hydrogens (tertiary/aromatic N) is 3. The molecule has 0 fully saturated rings. The van der Waals surface area contributed by atoms with Crippen molar-refractivity contribution >= 4 is 36.6 Å². The Balaban J connectivity index is 1.90. The molecule has 0 bridgehead atoms. The number of rotatable bonds is 4. The van der Waals surface area contributed by atoms with Crippen molar-refractivity contribution in [2.24, 2.45) is 0 Å². The van der Waals surface area contributed by atoms with E-state index in [9.17, 15) is 4.21 Å². The Labute approximate surface area is 145 Å². The first kappa shape index (κ1) is 15.6. The summed E-state index contributed by atoms with van der Waals surface area (Å²) in [5.41, 5.74) is 2.56. The van der Waals surface area contributed by atoms with Gasteiger partial charge in [0.2, 0.25) is 0 Å². The summed E-state index contributed by atoms with van der Waals surface area (Å²) in [6.07, 6.45) is 1.90. The van der Waals surface area contributed by atoms with Crippen LogP contribution in [0.15, 0.2) is 60.7 Å². The minimum Gasteiger partial charge on any atom is -0.339 e. The quantitative estimate of drug-likeness (QED) is 0.669.